The fourth-order valence-corrected chi connectivity index (χ4v) is 3.19. The number of aliphatic imine (C=N–C) groups is 1. The first kappa shape index (κ1) is 19.7. The number of halogens is 1. The molecule has 0 aliphatic rings. The van der Waals surface area contributed by atoms with Gasteiger partial charge in [0, 0.05) is 39.9 Å². The predicted molar refractivity (Wildman–Crippen MR) is 112 cm³/mol. The summed E-state index contributed by atoms with van der Waals surface area (Å²) in [6.07, 6.45) is 1.72. The second-order valence-electron chi connectivity index (χ2n) is 6.32. The summed E-state index contributed by atoms with van der Waals surface area (Å²) in [5, 5.41) is 10.4. The molecule has 0 saturated carbocycles. The van der Waals surface area contributed by atoms with Crippen molar-refractivity contribution in [2.75, 3.05) is 6.61 Å². The van der Waals surface area contributed by atoms with Crippen LogP contribution in [0.2, 0.25) is 5.02 Å². The van der Waals surface area contributed by atoms with Crippen molar-refractivity contribution < 1.29 is 14.6 Å². The van der Waals surface area contributed by atoms with E-state index in [1.54, 1.807) is 37.4 Å². The van der Waals surface area contributed by atoms with Crippen molar-refractivity contribution >= 4 is 29.5 Å². The largest absolute Gasteiger partial charge is 0.506 e. The number of benzene rings is 2. The summed E-state index contributed by atoms with van der Waals surface area (Å²) in [4.78, 5) is 16.2. The molecule has 1 N–H and O–H groups in total. The molecule has 0 spiro atoms. The third-order valence-electron chi connectivity index (χ3n) is 4.39. The number of aromatic hydroxyl groups is 1. The zero-order valence-corrected chi connectivity index (χ0v) is 16.7. The number of aryl methyl sites for hydroxylation is 1. The van der Waals surface area contributed by atoms with Crippen molar-refractivity contribution in [3.05, 3.63) is 76.1 Å². The summed E-state index contributed by atoms with van der Waals surface area (Å²) >= 11 is 5.86. The molecule has 0 saturated heterocycles. The molecule has 0 aliphatic heterocycles. The number of aromatic nitrogens is 1. The van der Waals surface area contributed by atoms with Crippen molar-refractivity contribution in [3.8, 4) is 11.4 Å². The van der Waals surface area contributed by atoms with Crippen molar-refractivity contribution in [1.29, 1.82) is 0 Å². The zero-order valence-electron chi connectivity index (χ0n) is 15.9. The van der Waals surface area contributed by atoms with E-state index in [1.807, 2.05) is 32.0 Å². The van der Waals surface area contributed by atoms with Gasteiger partial charge in [0.25, 0.3) is 0 Å². The average Bonchev–Trinajstić information content (AvgIpc) is 2.95. The van der Waals surface area contributed by atoms with Crippen molar-refractivity contribution in [2.24, 2.45) is 4.99 Å². The maximum Gasteiger partial charge on any atom is 0.338 e. The van der Waals surface area contributed by atoms with E-state index in [1.165, 1.54) is 6.07 Å². The maximum absolute atomic E-state index is 11.8. The van der Waals surface area contributed by atoms with E-state index in [4.69, 9.17) is 16.3 Å². The van der Waals surface area contributed by atoms with Crippen molar-refractivity contribution in [1.82, 2.24) is 4.57 Å². The molecule has 0 amide bonds. The van der Waals surface area contributed by atoms with Gasteiger partial charge in [0.05, 0.1) is 12.2 Å². The van der Waals surface area contributed by atoms with E-state index >= 15 is 0 Å². The van der Waals surface area contributed by atoms with Crippen molar-refractivity contribution in [3.63, 3.8) is 0 Å². The smallest absolute Gasteiger partial charge is 0.338 e. The minimum absolute atomic E-state index is 0.0344. The molecule has 28 heavy (non-hydrogen) atoms. The molecule has 6 heteroatoms. The molecule has 1 aromatic heterocycles. The van der Waals surface area contributed by atoms with Crippen LogP contribution in [0, 0.1) is 13.8 Å². The summed E-state index contributed by atoms with van der Waals surface area (Å²) in [7, 11) is 0. The van der Waals surface area contributed by atoms with Gasteiger partial charge in [-0.15, -0.1) is 0 Å². The average molecular weight is 397 g/mol. The van der Waals surface area contributed by atoms with Crippen molar-refractivity contribution in [2.45, 2.75) is 20.8 Å². The normalized spacial score (nSPS) is 11.1. The van der Waals surface area contributed by atoms with Crippen LogP contribution in [0.5, 0.6) is 5.75 Å². The summed E-state index contributed by atoms with van der Waals surface area (Å²) in [6.45, 7) is 6.13. The molecule has 0 unspecified atom stereocenters. The highest BCUT2D eigenvalue weighted by Crippen LogP contribution is 2.29. The Hall–Kier alpha value is -3.05. The van der Waals surface area contributed by atoms with Gasteiger partial charge < -0.3 is 14.4 Å². The maximum atomic E-state index is 11.8. The molecular formula is C22H21ClN2O3. The third-order valence-corrected chi connectivity index (χ3v) is 4.62. The van der Waals surface area contributed by atoms with Crippen LogP contribution in [0.15, 0.2) is 53.5 Å². The lowest BCUT2D eigenvalue weighted by Gasteiger charge is -2.10. The van der Waals surface area contributed by atoms with Gasteiger partial charge >= 0.3 is 5.97 Å². The van der Waals surface area contributed by atoms with Crippen LogP contribution in [0.1, 0.15) is 34.2 Å². The molecule has 3 rings (SSSR count). The zero-order chi connectivity index (χ0) is 20.3. The van der Waals surface area contributed by atoms with Crippen LogP contribution < -0.4 is 0 Å². The van der Waals surface area contributed by atoms with Gasteiger partial charge in [-0.25, -0.2) is 4.79 Å². The van der Waals surface area contributed by atoms with Gasteiger partial charge in [0.15, 0.2) is 0 Å². The Morgan fingerprint density at radius 2 is 1.89 bits per heavy atom. The van der Waals surface area contributed by atoms with Crippen LogP contribution in [0.4, 0.5) is 5.69 Å². The van der Waals surface area contributed by atoms with E-state index in [0.29, 0.717) is 22.9 Å². The predicted octanol–water partition coefficient (Wildman–Crippen LogP) is 5.38. The van der Waals surface area contributed by atoms with Gasteiger partial charge in [-0.2, -0.15) is 0 Å². The first-order valence-electron chi connectivity index (χ1n) is 8.89. The topological polar surface area (TPSA) is 63.8 Å². The molecule has 0 bridgehead atoms. The highest BCUT2D eigenvalue weighted by atomic mass is 35.5. The van der Waals surface area contributed by atoms with E-state index in [9.17, 15) is 9.90 Å². The van der Waals surface area contributed by atoms with E-state index in [2.05, 4.69) is 9.56 Å². The molecule has 0 aliphatic carbocycles. The number of carbonyl (C=O) groups is 1. The second-order valence-corrected chi connectivity index (χ2v) is 6.76. The Balaban J connectivity index is 1.89. The standard InChI is InChI=1S/C22H21ClN2O3/c1-4-28-22(27)16-5-8-19(9-6-16)25-14(2)11-17(15(25)3)13-24-20-10-7-18(23)12-21(20)26/h5-13,26H,4H2,1-3H3. The lowest BCUT2D eigenvalue weighted by molar-refractivity contribution is 0.0526. The molecule has 0 radical (unpaired) electrons. The van der Waals surface area contributed by atoms with Gasteiger partial charge in [-0.3, -0.25) is 4.99 Å². The monoisotopic (exact) mass is 396 g/mol. The molecule has 144 valence electrons. The Morgan fingerprint density at radius 3 is 2.54 bits per heavy atom. The molecular weight excluding hydrogens is 376 g/mol. The molecule has 1 heterocycles. The number of hydrogen-bond acceptors (Lipinski definition) is 4. The lowest BCUT2D eigenvalue weighted by Crippen LogP contribution is -2.05. The van der Waals surface area contributed by atoms with E-state index in [0.717, 1.165) is 22.6 Å². The molecule has 2 aromatic carbocycles. The number of phenols is 1. The number of esters is 1. The Morgan fingerprint density at radius 1 is 1.18 bits per heavy atom. The highest BCUT2D eigenvalue weighted by molar-refractivity contribution is 6.30. The Kier molecular flexibility index (Phi) is 5.85. The fraction of sp³-hybridized carbons (Fsp3) is 0.182. The first-order chi connectivity index (χ1) is 13.4. The molecule has 0 fully saturated rings. The summed E-state index contributed by atoms with van der Waals surface area (Å²) < 4.78 is 7.11. The molecule has 0 atom stereocenters. The van der Waals surface area contributed by atoms with Gasteiger partial charge in [-0.1, -0.05) is 11.6 Å². The van der Waals surface area contributed by atoms with Crippen LogP contribution in [0.3, 0.4) is 0 Å². The SMILES string of the molecule is CCOC(=O)c1ccc(-n2c(C)cc(C=Nc3ccc(Cl)cc3O)c2C)cc1. The summed E-state index contributed by atoms with van der Waals surface area (Å²) in [6, 6.07) is 14.1. The number of nitrogens with zero attached hydrogens (tertiary/aromatic N) is 2. The Labute approximate surface area is 168 Å². The van der Waals surface area contributed by atoms with Crippen LogP contribution in [-0.4, -0.2) is 28.5 Å². The van der Waals surface area contributed by atoms with Gasteiger partial charge in [0.1, 0.15) is 11.4 Å². The number of hydrogen-bond donors (Lipinski definition) is 1. The minimum Gasteiger partial charge on any atom is -0.506 e. The van der Waals surface area contributed by atoms with Gasteiger partial charge in [-0.05, 0) is 63.2 Å². The van der Waals surface area contributed by atoms with E-state index < -0.39 is 0 Å². The third kappa shape index (κ3) is 4.10. The fourth-order valence-electron chi connectivity index (χ4n) is 3.02. The lowest BCUT2D eigenvalue weighted by atomic mass is 10.2. The van der Waals surface area contributed by atoms with Gasteiger partial charge in [0.2, 0.25) is 0 Å². The quantitative estimate of drug-likeness (QED) is 0.465. The van der Waals surface area contributed by atoms with E-state index in [-0.39, 0.29) is 11.7 Å². The summed E-state index contributed by atoms with van der Waals surface area (Å²) in [5.74, 6) is -0.294. The molecule has 3 aromatic rings. The Bertz CT molecular complexity index is 1040. The number of carbonyl (C=O) groups excluding carboxylic acids is 1. The van der Waals surface area contributed by atoms with Crippen LogP contribution in [0.25, 0.3) is 5.69 Å². The van der Waals surface area contributed by atoms with Crippen LogP contribution >= 0.6 is 11.6 Å². The first-order valence-corrected chi connectivity index (χ1v) is 9.27. The number of rotatable bonds is 5. The number of phenolic OH excluding ortho intramolecular Hbond substituents is 1. The minimum atomic E-state index is -0.328. The van der Waals surface area contributed by atoms with Crippen LogP contribution in [-0.2, 0) is 4.74 Å². The summed E-state index contributed by atoms with van der Waals surface area (Å²) in [5.41, 5.74) is 4.88. The second kappa shape index (κ2) is 8.31. The highest BCUT2D eigenvalue weighted by Gasteiger charge is 2.11. The number of ether oxygens (including phenoxy) is 1. The molecule has 5 nitrogen and oxygen atoms in total.